The van der Waals surface area contributed by atoms with Gasteiger partial charge in [0.05, 0.1) is 8.81 Å². The molecule has 3 nitrogen and oxygen atoms in total. The first-order valence-corrected chi connectivity index (χ1v) is 10.7. The van der Waals surface area contributed by atoms with Gasteiger partial charge in [-0.05, 0) is 47.5 Å². The zero-order valence-corrected chi connectivity index (χ0v) is 15.1. The van der Waals surface area contributed by atoms with Gasteiger partial charge in [-0.25, -0.2) is 13.1 Å². The molecule has 0 radical (unpaired) electrons. The summed E-state index contributed by atoms with van der Waals surface area (Å²) < 4.78 is 28.3. The molecule has 2 atom stereocenters. The minimum absolute atomic E-state index is 0.0378. The predicted molar refractivity (Wildman–Crippen MR) is 86.9 cm³/mol. The Balaban J connectivity index is 2.08. The molecule has 1 saturated carbocycles. The molecule has 1 aromatic heterocycles. The van der Waals surface area contributed by atoms with E-state index in [1.54, 1.807) is 0 Å². The van der Waals surface area contributed by atoms with Crippen LogP contribution in [0.25, 0.3) is 0 Å². The molecule has 0 spiro atoms. The standard InChI is InChI=1S/C11H15BrClNO2S3/c1-17-8-4-2-3-7(5-8)14-19(15,16)10-6-9(13)11(12)18-10/h6-8,14H,2-5H2,1H3. The molecule has 1 N–H and O–H groups in total. The quantitative estimate of drug-likeness (QED) is 0.821. The monoisotopic (exact) mass is 403 g/mol. The van der Waals surface area contributed by atoms with Gasteiger partial charge < -0.3 is 0 Å². The lowest BCUT2D eigenvalue weighted by atomic mass is 9.96. The Labute approximate surface area is 135 Å². The highest BCUT2D eigenvalue weighted by molar-refractivity contribution is 9.11. The van der Waals surface area contributed by atoms with Crippen LogP contribution >= 0.6 is 50.6 Å². The van der Waals surface area contributed by atoms with Crippen LogP contribution in [0.4, 0.5) is 0 Å². The minimum Gasteiger partial charge on any atom is -0.207 e. The fourth-order valence-electron chi connectivity index (χ4n) is 2.20. The van der Waals surface area contributed by atoms with Crippen LogP contribution in [0.15, 0.2) is 14.1 Å². The number of halogens is 2. The van der Waals surface area contributed by atoms with Crippen LogP contribution in [0.2, 0.25) is 5.02 Å². The zero-order valence-electron chi connectivity index (χ0n) is 10.4. The molecule has 2 rings (SSSR count). The van der Waals surface area contributed by atoms with E-state index in [2.05, 4.69) is 26.9 Å². The highest BCUT2D eigenvalue weighted by atomic mass is 79.9. The molecule has 19 heavy (non-hydrogen) atoms. The maximum Gasteiger partial charge on any atom is 0.250 e. The van der Waals surface area contributed by atoms with Gasteiger partial charge in [-0.15, -0.1) is 11.3 Å². The van der Waals surface area contributed by atoms with Crippen LogP contribution in [0, 0.1) is 0 Å². The molecule has 2 unspecified atom stereocenters. The Morgan fingerprint density at radius 2 is 2.26 bits per heavy atom. The summed E-state index contributed by atoms with van der Waals surface area (Å²) in [4.78, 5) is 0. The van der Waals surface area contributed by atoms with Crippen LogP contribution in [-0.4, -0.2) is 26.0 Å². The van der Waals surface area contributed by atoms with E-state index in [4.69, 9.17) is 11.6 Å². The third kappa shape index (κ3) is 4.11. The Hall–Kier alpha value is 0.730. The second kappa shape index (κ2) is 6.66. The van der Waals surface area contributed by atoms with Crippen LogP contribution in [0.5, 0.6) is 0 Å². The summed E-state index contributed by atoms with van der Waals surface area (Å²) in [6.45, 7) is 0. The lowest BCUT2D eigenvalue weighted by Crippen LogP contribution is -2.38. The topological polar surface area (TPSA) is 46.2 Å². The average molecular weight is 405 g/mol. The number of hydrogen-bond acceptors (Lipinski definition) is 4. The maximum atomic E-state index is 12.3. The van der Waals surface area contributed by atoms with Crippen molar-refractivity contribution in [2.24, 2.45) is 0 Å². The summed E-state index contributed by atoms with van der Waals surface area (Å²) in [6, 6.07) is 1.53. The zero-order chi connectivity index (χ0) is 14.0. The number of nitrogens with one attached hydrogen (secondary N) is 1. The first-order valence-electron chi connectivity index (χ1n) is 5.92. The number of sulfonamides is 1. The van der Waals surface area contributed by atoms with Gasteiger partial charge in [0, 0.05) is 11.3 Å². The molecule has 1 fully saturated rings. The van der Waals surface area contributed by atoms with E-state index in [0.717, 1.165) is 30.6 Å². The summed E-state index contributed by atoms with van der Waals surface area (Å²) in [5.41, 5.74) is 0. The van der Waals surface area contributed by atoms with Gasteiger partial charge in [0.15, 0.2) is 0 Å². The predicted octanol–water partition coefficient (Wildman–Crippen LogP) is 4.12. The number of thioether (sulfide) groups is 1. The van der Waals surface area contributed by atoms with Gasteiger partial charge in [-0.1, -0.05) is 18.0 Å². The minimum atomic E-state index is -3.45. The van der Waals surface area contributed by atoms with E-state index < -0.39 is 10.0 Å². The van der Waals surface area contributed by atoms with Crippen molar-refractivity contribution in [2.45, 2.75) is 41.2 Å². The number of rotatable bonds is 4. The first-order chi connectivity index (χ1) is 8.92. The normalized spacial score (nSPS) is 24.6. The molecule has 0 saturated heterocycles. The molecular weight excluding hydrogens is 390 g/mol. The van der Waals surface area contributed by atoms with Crippen molar-refractivity contribution in [3.63, 3.8) is 0 Å². The van der Waals surface area contributed by atoms with Crippen molar-refractivity contribution in [2.75, 3.05) is 6.26 Å². The third-order valence-corrected chi connectivity index (χ3v) is 8.73. The van der Waals surface area contributed by atoms with Crippen LogP contribution in [0.1, 0.15) is 25.7 Å². The van der Waals surface area contributed by atoms with Crippen molar-refractivity contribution in [1.82, 2.24) is 4.72 Å². The van der Waals surface area contributed by atoms with Gasteiger partial charge >= 0.3 is 0 Å². The van der Waals surface area contributed by atoms with Crippen LogP contribution < -0.4 is 4.72 Å². The fraction of sp³-hybridized carbons (Fsp3) is 0.636. The van der Waals surface area contributed by atoms with Crippen molar-refractivity contribution < 1.29 is 8.42 Å². The average Bonchev–Trinajstić information content (AvgIpc) is 2.70. The molecule has 1 aliphatic carbocycles. The molecule has 1 heterocycles. The molecular formula is C11H15BrClNO2S3. The van der Waals surface area contributed by atoms with E-state index in [0.29, 0.717) is 14.1 Å². The molecule has 0 amide bonds. The maximum absolute atomic E-state index is 12.3. The highest BCUT2D eigenvalue weighted by Gasteiger charge is 2.27. The molecule has 0 aromatic carbocycles. The lowest BCUT2D eigenvalue weighted by molar-refractivity contribution is 0.421. The van der Waals surface area contributed by atoms with E-state index >= 15 is 0 Å². The summed E-state index contributed by atoms with van der Waals surface area (Å²) >= 11 is 12.1. The van der Waals surface area contributed by atoms with E-state index in [1.807, 2.05) is 11.8 Å². The van der Waals surface area contributed by atoms with Crippen molar-refractivity contribution >= 4 is 60.7 Å². The van der Waals surface area contributed by atoms with Gasteiger partial charge in [0.1, 0.15) is 4.21 Å². The largest absolute Gasteiger partial charge is 0.250 e. The molecule has 8 heteroatoms. The number of thiophene rings is 1. The molecule has 0 bridgehead atoms. The van der Waals surface area contributed by atoms with Gasteiger partial charge in [-0.2, -0.15) is 11.8 Å². The Morgan fingerprint density at radius 3 is 2.84 bits per heavy atom. The second-order valence-corrected chi connectivity index (χ2v) is 10.4. The van der Waals surface area contributed by atoms with Gasteiger partial charge in [-0.3, -0.25) is 0 Å². The molecule has 1 aromatic rings. The summed E-state index contributed by atoms with van der Waals surface area (Å²) in [7, 11) is -3.45. The lowest BCUT2D eigenvalue weighted by Gasteiger charge is -2.28. The van der Waals surface area contributed by atoms with Crippen LogP contribution in [-0.2, 0) is 10.0 Å². The van der Waals surface area contributed by atoms with Gasteiger partial charge in [0.25, 0.3) is 0 Å². The van der Waals surface area contributed by atoms with Crippen molar-refractivity contribution in [1.29, 1.82) is 0 Å². The molecule has 0 aliphatic heterocycles. The molecule has 108 valence electrons. The Kier molecular flexibility index (Phi) is 5.65. The second-order valence-electron chi connectivity index (χ2n) is 4.53. The Bertz CT molecular complexity index is 527. The van der Waals surface area contributed by atoms with Gasteiger partial charge in [0.2, 0.25) is 10.0 Å². The van der Waals surface area contributed by atoms with E-state index in [9.17, 15) is 8.42 Å². The summed E-state index contributed by atoms with van der Waals surface area (Å²) in [5, 5.41) is 0.996. The van der Waals surface area contributed by atoms with E-state index in [1.165, 1.54) is 12.5 Å². The Morgan fingerprint density at radius 1 is 1.53 bits per heavy atom. The molecule has 1 aliphatic rings. The van der Waals surface area contributed by atoms with Crippen molar-refractivity contribution in [3.05, 3.63) is 14.9 Å². The van der Waals surface area contributed by atoms with E-state index in [-0.39, 0.29) is 10.3 Å². The first kappa shape index (κ1) is 16.1. The van der Waals surface area contributed by atoms with Crippen molar-refractivity contribution in [3.8, 4) is 0 Å². The number of hydrogen-bond donors (Lipinski definition) is 1. The summed E-state index contributed by atoms with van der Waals surface area (Å²) in [6.07, 6.45) is 6.15. The fourth-order valence-corrected chi connectivity index (χ4v) is 6.73. The SMILES string of the molecule is CSC1CCCC(NS(=O)(=O)c2cc(Cl)c(Br)s2)C1. The van der Waals surface area contributed by atoms with Crippen LogP contribution in [0.3, 0.4) is 0 Å². The smallest absolute Gasteiger partial charge is 0.207 e. The third-order valence-electron chi connectivity index (χ3n) is 3.17. The highest BCUT2D eigenvalue weighted by Crippen LogP contribution is 2.35. The summed E-state index contributed by atoms with van der Waals surface area (Å²) in [5.74, 6) is 0.